The average molecular weight is 327 g/mol. The Morgan fingerprint density at radius 2 is 2.00 bits per heavy atom. The van der Waals surface area contributed by atoms with Gasteiger partial charge in [0.2, 0.25) is 0 Å². The van der Waals surface area contributed by atoms with Gasteiger partial charge in [-0.2, -0.15) is 5.26 Å². The Kier molecular flexibility index (Phi) is 5.06. The van der Waals surface area contributed by atoms with Crippen molar-refractivity contribution in [2.45, 2.75) is 20.0 Å². The van der Waals surface area contributed by atoms with E-state index in [9.17, 15) is 14.9 Å². The molecule has 0 unspecified atom stereocenters. The molecule has 8 heteroatoms. The van der Waals surface area contributed by atoms with Crippen LogP contribution in [0.1, 0.15) is 29.9 Å². The summed E-state index contributed by atoms with van der Waals surface area (Å²) in [5.41, 5.74) is -0.351. The van der Waals surface area contributed by atoms with Crippen molar-refractivity contribution in [1.82, 2.24) is 4.98 Å². The largest absolute Gasteiger partial charge is 0.458 e. The minimum absolute atomic E-state index is 0.0728. The van der Waals surface area contributed by atoms with Crippen LogP contribution in [0.2, 0.25) is 0 Å². The van der Waals surface area contributed by atoms with Crippen molar-refractivity contribution in [2.24, 2.45) is 0 Å². The number of nitrogens with zero attached hydrogens (tertiary/aromatic N) is 3. The van der Waals surface area contributed by atoms with Gasteiger partial charge >= 0.3 is 5.97 Å². The van der Waals surface area contributed by atoms with E-state index in [1.54, 1.807) is 19.9 Å². The molecule has 1 heterocycles. The summed E-state index contributed by atoms with van der Waals surface area (Å²) in [7, 11) is 0. The maximum atomic E-state index is 11.8. The van der Waals surface area contributed by atoms with E-state index >= 15 is 0 Å². The predicted octanol–water partition coefficient (Wildman–Crippen LogP) is 3.22. The molecule has 8 nitrogen and oxygen atoms in total. The van der Waals surface area contributed by atoms with Gasteiger partial charge in [0, 0.05) is 24.4 Å². The van der Waals surface area contributed by atoms with E-state index in [4.69, 9.17) is 14.7 Å². The topological polar surface area (TPSA) is 115 Å². The number of carbonyl (C=O) groups is 1. The van der Waals surface area contributed by atoms with E-state index in [0.717, 1.165) is 0 Å². The summed E-state index contributed by atoms with van der Waals surface area (Å²) in [4.78, 5) is 25.9. The molecule has 0 saturated carbocycles. The number of aromatic nitrogens is 1. The molecule has 0 spiro atoms. The third-order valence-corrected chi connectivity index (χ3v) is 2.80. The fourth-order valence-corrected chi connectivity index (χ4v) is 1.82. The van der Waals surface area contributed by atoms with Gasteiger partial charge < -0.3 is 9.47 Å². The molecule has 0 atom stereocenters. The van der Waals surface area contributed by atoms with Gasteiger partial charge in [-0.05, 0) is 26.0 Å². The van der Waals surface area contributed by atoms with E-state index in [1.807, 2.05) is 0 Å². The molecule has 0 radical (unpaired) electrons. The van der Waals surface area contributed by atoms with Gasteiger partial charge in [0.25, 0.3) is 5.69 Å². The van der Waals surface area contributed by atoms with Gasteiger partial charge in [0.1, 0.15) is 23.1 Å². The summed E-state index contributed by atoms with van der Waals surface area (Å²) < 4.78 is 10.6. The first-order chi connectivity index (χ1) is 11.4. The number of nitriles is 1. The number of benzene rings is 1. The standard InChI is InChI=1S/C16H13N3O5/c1-10(2)23-16(20)14-8-13(5-6-18-14)24-12-3-4-15(19(21)22)11(7-12)9-17/h3-8,10H,1-2H3. The minimum Gasteiger partial charge on any atom is -0.458 e. The highest BCUT2D eigenvalue weighted by atomic mass is 16.6. The van der Waals surface area contributed by atoms with Crippen molar-refractivity contribution < 1.29 is 19.2 Å². The second-order valence-corrected chi connectivity index (χ2v) is 4.98. The number of nitro groups is 1. The fraction of sp³-hybridized carbons (Fsp3) is 0.188. The number of hydrogen-bond donors (Lipinski definition) is 0. The third kappa shape index (κ3) is 4.04. The summed E-state index contributed by atoms with van der Waals surface area (Å²) in [5, 5.41) is 19.8. The molecule has 0 aliphatic carbocycles. The Bertz CT molecular complexity index is 827. The molecule has 0 bridgehead atoms. The van der Waals surface area contributed by atoms with Crippen molar-refractivity contribution in [3.8, 4) is 17.6 Å². The molecule has 122 valence electrons. The van der Waals surface area contributed by atoms with E-state index in [-0.39, 0.29) is 28.8 Å². The van der Waals surface area contributed by atoms with E-state index < -0.39 is 10.9 Å². The van der Waals surface area contributed by atoms with Crippen LogP contribution < -0.4 is 4.74 Å². The summed E-state index contributed by atoms with van der Waals surface area (Å²) in [5.74, 6) is -0.0677. The van der Waals surface area contributed by atoms with Crippen LogP contribution in [0.4, 0.5) is 5.69 Å². The normalized spacial score (nSPS) is 10.1. The van der Waals surface area contributed by atoms with E-state index in [1.165, 1.54) is 36.5 Å². The number of carbonyl (C=O) groups excluding carboxylic acids is 1. The second kappa shape index (κ2) is 7.19. The van der Waals surface area contributed by atoms with Crippen molar-refractivity contribution in [1.29, 1.82) is 5.26 Å². The average Bonchev–Trinajstić information content (AvgIpc) is 2.54. The first kappa shape index (κ1) is 16.9. The van der Waals surface area contributed by atoms with Crippen molar-refractivity contribution in [3.63, 3.8) is 0 Å². The van der Waals surface area contributed by atoms with Crippen molar-refractivity contribution in [3.05, 3.63) is 57.9 Å². The fourth-order valence-electron chi connectivity index (χ4n) is 1.82. The predicted molar refractivity (Wildman–Crippen MR) is 82.7 cm³/mol. The SMILES string of the molecule is CC(C)OC(=O)c1cc(Oc2ccc([N+](=O)[O-])c(C#N)c2)ccn1. The molecule has 0 N–H and O–H groups in total. The highest BCUT2D eigenvalue weighted by Gasteiger charge is 2.15. The van der Waals surface area contributed by atoms with Crippen LogP contribution in [0.3, 0.4) is 0 Å². The second-order valence-electron chi connectivity index (χ2n) is 4.98. The van der Waals surface area contributed by atoms with Crippen LogP contribution >= 0.6 is 0 Å². The highest BCUT2D eigenvalue weighted by Crippen LogP contribution is 2.27. The minimum atomic E-state index is -0.644. The molecule has 2 rings (SSSR count). The summed E-state index contributed by atoms with van der Waals surface area (Å²) >= 11 is 0. The zero-order chi connectivity index (χ0) is 17.7. The van der Waals surface area contributed by atoms with Crippen LogP contribution in [0, 0.1) is 21.4 Å². The van der Waals surface area contributed by atoms with Crippen LogP contribution in [0.25, 0.3) is 0 Å². The van der Waals surface area contributed by atoms with Crippen LogP contribution in [-0.4, -0.2) is 22.0 Å². The first-order valence-electron chi connectivity index (χ1n) is 6.94. The lowest BCUT2D eigenvalue weighted by molar-refractivity contribution is -0.385. The Labute approximate surface area is 137 Å². The molecule has 24 heavy (non-hydrogen) atoms. The lowest BCUT2D eigenvalue weighted by atomic mass is 10.2. The molecule has 0 fully saturated rings. The van der Waals surface area contributed by atoms with Gasteiger partial charge in [0.05, 0.1) is 11.0 Å². The van der Waals surface area contributed by atoms with Gasteiger partial charge in [-0.3, -0.25) is 10.1 Å². The number of esters is 1. The van der Waals surface area contributed by atoms with Crippen molar-refractivity contribution >= 4 is 11.7 Å². The molecule has 0 saturated heterocycles. The number of pyridine rings is 1. The van der Waals surface area contributed by atoms with E-state index in [2.05, 4.69) is 4.98 Å². The van der Waals surface area contributed by atoms with E-state index in [0.29, 0.717) is 5.75 Å². The molecule has 0 amide bonds. The summed E-state index contributed by atoms with van der Waals surface area (Å²) in [6.07, 6.45) is 1.10. The third-order valence-electron chi connectivity index (χ3n) is 2.80. The van der Waals surface area contributed by atoms with Gasteiger partial charge in [-0.1, -0.05) is 0 Å². The zero-order valence-electron chi connectivity index (χ0n) is 12.9. The quantitative estimate of drug-likeness (QED) is 0.470. The van der Waals surface area contributed by atoms with Gasteiger partial charge in [0.15, 0.2) is 5.69 Å². The summed E-state index contributed by atoms with van der Waals surface area (Å²) in [6.45, 7) is 3.44. The number of nitro benzene ring substituents is 1. The van der Waals surface area contributed by atoms with Gasteiger partial charge in [-0.15, -0.1) is 0 Å². The first-order valence-corrected chi connectivity index (χ1v) is 6.94. The molecular weight excluding hydrogens is 314 g/mol. The molecule has 1 aromatic heterocycles. The van der Waals surface area contributed by atoms with Crippen LogP contribution in [0.15, 0.2) is 36.5 Å². The van der Waals surface area contributed by atoms with Crippen molar-refractivity contribution in [2.75, 3.05) is 0 Å². The molecule has 1 aromatic carbocycles. The Balaban J connectivity index is 2.24. The molecule has 0 aliphatic heterocycles. The Morgan fingerprint density at radius 3 is 2.62 bits per heavy atom. The monoisotopic (exact) mass is 327 g/mol. The lowest BCUT2D eigenvalue weighted by Crippen LogP contribution is -2.12. The molecular formula is C16H13N3O5. The van der Waals surface area contributed by atoms with Crippen LogP contribution in [0.5, 0.6) is 11.5 Å². The zero-order valence-corrected chi connectivity index (χ0v) is 12.9. The smallest absolute Gasteiger partial charge is 0.357 e. The van der Waals surface area contributed by atoms with Crippen LogP contribution in [-0.2, 0) is 4.74 Å². The maximum absolute atomic E-state index is 11.8. The number of ether oxygens (including phenoxy) is 2. The number of rotatable bonds is 5. The maximum Gasteiger partial charge on any atom is 0.357 e. The Hall–Kier alpha value is -3.47. The lowest BCUT2D eigenvalue weighted by Gasteiger charge is -2.09. The van der Waals surface area contributed by atoms with Gasteiger partial charge in [-0.25, -0.2) is 9.78 Å². The number of hydrogen-bond acceptors (Lipinski definition) is 7. The highest BCUT2D eigenvalue weighted by molar-refractivity contribution is 5.87. The Morgan fingerprint density at radius 1 is 1.29 bits per heavy atom. The molecule has 2 aromatic rings. The summed E-state index contributed by atoms with van der Waals surface area (Å²) in [6, 6.07) is 8.45. The molecule has 0 aliphatic rings.